The van der Waals surface area contributed by atoms with Crippen LogP contribution in [0.25, 0.3) is 0 Å². The summed E-state index contributed by atoms with van der Waals surface area (Å²) in [5, 5.41) is 0. The number of ether oxygens (including phenoxy) is 2. The highest BCUT2D eigenvalue weighted by Crippen LogP contribution is 1.89. The lowest BCUT2D eigenvalue weighted by molar-refractivity contribution is -0.153. The molecule has 0 unspecified atom stereocenters. The number of carbonyl (C=O) groups is 2. The lowest BCUT2D eigenvalue weighted by atomic mass is 10.4. The van der Waals surface area contributed by atoms with Crippen LogP contribution in [0.1, 0.15) is 20.3 Å². The lowest BCUT2D eigenvalue weighted by Crippen LogP contribution is -2.13. The van der Waals surface area contributed by atoms with E-state index in [1.807, 2.05) is 0 Å². The maximum Gasteiger partial charge on any atom is 0.317 e. The minimum atomic E-state index is -0.536. The van der Waals surface area contributed by atoms with Gasteiger partial charge in [0.05, 0.1) is 13.2 Å². The van der Waals surface area contributed by atoms with Crippen LogP contribution >= 0.6 is 0 Å². The number of rotatable bonds is 4. The van der Waals surface area contributed by atoms with Crippen LogP contribution in [0.5, 0.6) is 0 Å². The van der Waals surface area contributed by atoms with Crippen molar-refractivity contribution in [2.75, 3.05) is 13.2 Å². The molecular formula is C7H14O5. The molecule has 0 bridgehead atoms. The zero-order chi connectivity index (χ0) is 8.69. The monoisotopic (exact) mass is 178 g/mol. The standard InChI is InChI=1S/C7H12O4.H2O/c1-3-10-6(8)5-7(9)11-4-2;/h3-5H2,1-2H3;1H2. The van der Waals surface area contributed by atoms with Crippen molar-refractivity contribution in [1.29, 1.82) is 0 Å². The first kappa shape index (κ1) is 13.5. The van der Waals surface area contributed by atoms with Crippen molar-refractivity contribution in [2.45, 2.75) is 20.3 Å². The minimum absolute atomic E-state index is 0. The molecule has 0 aromatic heterocycles. The Bertz CT molecular complexity index is 127. The van der Waals surface area contributed by atoms with Gasteiger partial charge in [-0.25, -0.2) is 0 Å². The number of carbonyl (C=O) groups excluding carboxylic acids is 2. The fraction of sp³-hybridized carbons (Fsp3) is 0.714. The van der Waals surface area contributed by atoms with Crippen molar-refractivity contribution in [3.63, 3.8) is 0 Å². The van der Waals surface area contributed by atoms with Gasteiger partial charge in [0.25, 0.3) is 0 Å². The summed E-state index contributed by atoms with van der Waals surface area (Å²) in [4.78, 5) is 21.2. The average Bonchev–Trinajstić information content (AvgIpc) is 1.87. The fourth-order valence-electron chi connectivity index (χ4n) is 0.542. The van der Waals surface area contributed by atoms with Crippen LogP contribution in [0, 0.1) is 0 Å². The van der Waals surface area contributed by atoms with E-state index < -0.39 is 11.9 Å². The molecule has 0 atom stereocenters. The van der Waals surface area contributed by atoms with Crippen LogP contribution in [-0.4, -0.2) is 30.6 Å². The molecule has 2 N–H and O–H groups in total. The quantitative estimate of drug-likeness (QED) is 0.436. The third-order valence-corrected chi connectivity index (χ3v) is 0.899. The van der Waals surface area contributed by atoms with E-state index in [1.54, 1.807) is 13.8 Å². The minimum Gasteiger partial charge on any atom is -0.466 e. The van der Waals surface area contributed by atoms with Gasteiger partial charge in [0.15, 0.2) is 0 Å². The zero-order valence-corrected chi connectivity index (χ0v) is 7.25. The molecule has 5 heteroatoms. The average molecular weight is 178 g/mol. The summed E-state index contributed by atoms with van der Waals surface area (Å²) < 4.78 is 9.04. The Morgan fingerprint density at radius 3 is 1.58 bits per heavy atom. The van der Waals surface area contributed by atoms with E-state index in [2.05, 4.69) is 9.47 Å². The maximum atomic E-state index is 10.6. The molecule has 72 valence electrons. The van der Waals surface area contributed by atoms with Gasteiger partial charge in [-0.2, -0.15) is 0 Å². The molecule has 0 saturated carbocycles. The van der Waals surface area contributed by atoms with Crippen LogP contribution in [0.4, 0.5) is 0 Å². The summed E-state index contributed by atoms with van der Waals surface area (Å²) in [5.74, 6) is -1.07. The van der Waals surface area contributed by atoms with E-state index >= 15 is 0 Å². The Morgan fingerprint density at radius 2 is 1.33 bits per heavy atom. The van der Waals surface area contributed by atoms with Crippen molar-refractivity contribution in [2.24, 2.45) is 0 Å². The van der Waals surface area contributed by atoms with Gasteiger partial charge in [0.2, 0.25) is 0 Å². The molecular weight excluding hydrogens is 164 g/mol. The summed E-state index contributed by atoms with van der Waals surface area (Å²) in [6, 6.07) is 0. The zero-order valence-electron chi connectivity index (χ0n) is 7.25. The molecule has 0 aliphatic carbocycles. The molecule has 0 aromatic carbocycles. The number of hydrogen-bond donors (Lipinski definition) is 0. The smallest absolute Gasteiger partial charge is 0.317 e. The SMILES string of the molecule is CCOC(=O)CC(=O)OCC.O. The first-order chi connectivity index (χ1) is 5.20. The Morgan fingerprint density at radius 1 is 1.00 bits per heavy atom. The van der Waals surface area contributed by atoms with Gasteiger partial charge in [0.1, 0.15) is 6.42 Å². The molecule has 12 heavy (non-hydrogen) atoms. The van der Waals surface area contributed by atoms with Gasteiger partial charge < -0.3 is 14.9 Å². The highest BCUT2D eigenvalue weighted by molar-refractivity contribution is 5.91. The molecule has 0 rings (SSSR count). The third-order valence-electron chi connectivity index (χ3n) is 0.899. The van der Waals surface area contributed by atoms with Gasteiger partial charge in [-0.1, -0.05) is 0 Å². The topological polar surface area (TPSA) is 84.1 Å². The summed E-state index contributed by atoms with van der Waals surface area (Å²) in [5.41, 5.74) is 0. The second-order valence-corrected chi connectivity index (χ2v) is 1.79. The summed E-state index contributed by atoms with van der Waals surface area (Å²) in [7, 11) is 0. The van der Waals surface area contributed by atoms with E-state index in [0.29, 0.717) is 0 Å². The Balaban J connectivity index is 0. The molecule has 0 amide bonds. The first-order valence-corrected chi connectivity index (χ1v) is 3.52. The maximum absolute atomic E-state index is 10.6. The molecule has 0 aliphatic rings. The molecule has 0 fully saturated rings. The van der Waals surface area contributed by atoms with Crippen molar-refractivity contribution >= 4 is 11.9 Å². The molecule has 0 radical (unpaired) electrons. The van der Waals surface area contributed by atoms with Crippen molar-refractivity contribution in [1.82, 2.24) is 0 Å². The van der Waals surface area contributed by atoms with Crippen LogP contribution < -0.4 is 0 Å². The van der Waals surface area contributed by atoms with Crippen LogP contribution in [0.15, 0.2) is 0 Å². The predicted octanol–water partition coefficient (Wildman–Crippen LogP) is -0.322. The third kappa shape index (κ3) is 7.01. The lowest BCUT2D eigenvalue weighted by Gasteiger charge is -2.00. The highest BCUT2D eigenvalue weighted by atomic mass is 16.5. The van der Waals surface area contributed by atoms with E-state index in [-0.39, 0.29) is 25.1 Å². The fourth-order valence-corrected chi connectivity index (χ4v) is 0.542. The van der Waals surface area contributed by atoms with Gasteiger partial charge >= 0.3 is 11.9 Å². The van der Waals surface area contributed by atoms with Gasteiger partial charge in [-0.3, -0.25) is 9.59 Å². The second kappa shape index (κ2) is 8.00. The molecule has 0 spiro atoms. The van der Waals surface area contributed by atoms with Crippen molar-refractivity contribution in [3.8, 4) is 0 Å². The van der Waals surface area contributed by atoms with E-state index in [0.717, 1.165) is 0 Å². The summed E-state index contributed by atoms with van der Waals surface area (Å²) in [6.07, 6.45) is -0.290. The normalized spacial score (nSPS) is 8.17. The molecule has 0 aliphatic heterocycles. The van der Waals surface area contributed by atoms with Crippen LogP contribution in [0.3, 0.4) is 0 Å². The Labute approximate surface area is 71.0 Å². The molecule has 0 saturated heterocycles. The van der Waals surface area contributed by atoms with Gasteiger partial charge in [-0.05, 0) is 13.8 Å². The number of esters is 2. The van der Waals surface area contributed by atoms with Crippen LogP contribution in [-0.2, 0) is 19.1 Å². The van der Waals surface area contributed by atoms with E-state index in [9.17, 15) is 9.59 Å². The van der Waals surface area contributed by atoms with Crippen molar-refractivity contribution < 1.29 is 24.5 Å². The molecule has 5 nitrogen and oxygen atoms in total. The highest BCUT2D eigenvalue weighted by Gasteiger charge is 2.09. The van der Waals surface area contributed by atoms with E-state index in [1.165, 1.54) is 0 Å². The van der Waals surface area contributed by atoms with Crippen LogP contribution in [0.2, 0.25) is 0 Å². The van der Waals surface area contributed by atoms with Gasteiger partial charge in [-0.15, -0.1) is 0 Å². The number of hydrogen-bond acceptors (Lipinski definition) is 4. The van der Waals surface area contributed by atoms with Crippen molar-refractivity contribution in [3.05, 3.63) is 0 Å². The molecule has 0 heterocycles. The molecule has 0 aromatic rings. The van der Waals surface area contributed by atoms with Gasteiger partial charge in [0, 0.05) is 0 Å². The Hall–Kier alpha value is -1.10. The Kier molecular flexibility index (Phi) is 8.99. The van der Waals surface area contributed by atoms with E-state index in [4.69, 9.17) is 0 Å². The first-order valence-electron chi connectivity index (χ1n) is 3.52. The predicted molar refractivity (Wildman–Crippen MR) is 41.5 cm³/mol. The summed E-state index contributed by atoms with van der Waals surface area (Å²) in [6.45, 7) is 3.95. The second-order valence-electron chi connectivity index (χ2n) is 1.79. The largest absolute Gasteiger partial charge is 0.466 e. The summed E-state index contributed by atoms with van der Waals surface area (Å²) >= 11 is 0.